The van der Waals surface area contributed by atoms with Gasteiger partial charge in [-0.3, -0.25) is 9.59 Å². The van der Waals surface area contributed by atoms with Crippen molar-refractivity contribution in [1.29, 1.82) is 0 Å². The Balaban J connectivity index is 3.52. The summed E-state index contributed by atoms with van der Waals surface area (Å²) in [5.41, 5.74) is 0. The highest BCUT2D eigenvalue weighted by molar-refractivity contribution is 6.63. The third-order valence-corrected chi connectivity index (χ3v) is 2.58. The SMILES string of the molecule is CCC(CC)COC(=O)CCCC(=O)Cl. The van der Waals surface area contributed by atoms with Crippen LogP contribution in [-0.2, 0) is 14.3 Å². The minimum atomic E-state index is -0.400. The lowest BCUT2D eigenvalue weighted by Gasteiger charge is -2.12. The summed E-state index contributed by atoms with van der Waals surface area (Å²) in [5, 5.41) is -0.400. The van der Waals surface area contributed by atoms with E-state index in [0.717, 1.165) is 12.8 Å². The standard InChI is InChI=1S/C11H19ClO3/c1-3-9(4-2)8-15-11(14)7-5-6-10(12)13/h9H,3-8H2,1-2H3. The normalized spacial score (nSPS) is 10.4. The van der Waals surface area contributed by atoms with E-state index < -0.39 is 5.24 Å². The Morgan fingerprint density at radius 3 is 2.27 bits per heavy atom. The van der Waals surface area contributed by atoms with Crippen molar-refractivity contribution >= 4 is 22.8 Å². The smallest absolute Gasteiger partial charge is 0.305 e. The van der Waals surface area contributed by atoms with Crippen molar-refractivity contribution in [3.05, 3.63) is 0 Å². The van der Waals surface area contributed by atoms with Crippen LogP contribution in [0.4, 0.5) is 0 Å². The summed E-state index contributed by atoms with van der Waals surface area (Å²) in [7, 11) is 0. The second kappa shape index (κ2) is 8.72. The van der Waals surface area contributed by atoms with E-state index in [1.165, 1.54) is 0 Å². The topological polar surface area (TPSA) is 43.4 Å². The van der Waals surface area contributed by atoms with E-state index in [1.54, 1.807) is 0 Å². The summed E-state index contributed by atoms with van der Waals surface area (Å²) < 4.78 is 5.07. The molecule has 0 aromatic rings. The molecule has 0 heterocycles. The molecule has 15 heavy (non-hydrogen) atoms. The Kier molecular flexibility index (Phi) is 8.38. The first-order valence-electron chi connectivity index (χ1n) is 5.44. The molecule has 0 aromatic heterocycles. The summed E-state index contributed by atoms with van der Waals surface area (Å²) >= 11 is 5.14. The van der Waals surface area contributed by atoms with Gasteiger partial charge in [0.05, 0.1) is 6.61 Å². The lowest BCUT2D eigenvalue weighted by Crippen LogP contribution is -2.13. The van der Waals surface area contributed by atoms with Gasteiger partial charge >= 0.3 is 5.97 Å². The van der Waals surface area contributed by atoms with Gasteiger partial charge in [0.25, 0.3) is 0 Å². The monoisotopic (exact) mass is 234 g/mol. The van der Waals surface area contributed by atoms with Crippen molar-refractivity contribution in [2.75, 3.05) is 6.61 Å². The van der Waals surface area contributed by atoms with E-state index in [-0.39, 0.29) is 18.8 Å². The van der Waals surface area contributed by atoms with Crippen LogP contribution in [0.5, 0.6) is 0 Å². The zero-order valence-electron chi connectivity index (χ0n) is 9.42. The molecule has 0 atom stereocenters. The van der Waals surface area contributed by atoms with Crippen molar-refractivity contribution < 1.29 is 14.3 Å². The van der Waals surface area contributed by atoms with Crippen molar-refractivity contribution in [3.8, 4) is 0 Å². The van der Waals surface area contributed by atoms with E-state index in [1.807, 2.05) is 0 Å². The quantitative estimate of drug-likeness (QED) is 0.479. The second-order valence-corrected chi connectivity index (χ2v) is 4.00. The van der Waals surface area contributed by atoms with Gasteiger partial charge in [-0.25, -0.2) is 0 Å². The van der Waals surface area contributed by atoms with E-state index >= 15 is 0 Å². The summed E-state index contributed by atoms with van der Waals surface area (Å²) in [4.78, 5) is 21.6. The number of ether oxygens (including phenoxy) is 1. The molecule has 0 amide bonds. The van der Waals surface area contributed by atoms with Crippen LogP contribution in [0, 0.1) is 5.92 Å². The van der Waals surface area contributed by atoms with Crippen LogP contribution < -0.4 is 0 Å². The van der Waals surface area contributed by atoms with Gasteiger partial charge in [0.2, 0.25) is 5.24 Å². The maximum Gasteiger partial charge on any atom is 0.305 e. The van der Waals surface area contributed by atoms with E-state index in [2.05, 4.69) is 13.8 Å². The molecule has 0 unspecified atom stereocenters. The summed E-state index contributed by atoms with van der Waals surface area (Å²) in [6.45, 7) is 4.64. The lowest BCUT2D eigenvalue weighted by molar-refractivity contribution is -0.145. The number of rotatable bonds is 8. The van der Waals surface area contributed by atoms with Gasteiger partial charge < -0.3 is 4.74 Å². The number of carbonyl (C=O) groups is 2. The van der Waals surface area contributed by atoms with Crippen molar-refractivity contribution in [2.45, 2.75) is 46.0 Å². The highest BCUT2D eigenvalue weighted by Gasteiger charge is 2.08. The van der Waals surface area contributed by atoms with Crippen molar-refractivity contribution in [2.24, 2.45) is 5.92 Å². The average Bonchev–Trinajstić information content (AvgIpc) is 2.18. The Bertz CT molecular complexity index is 200. The number of hydrogen-bond acceptors (Lipinski definition) is 3. The van der Waals surface area contributed by atoms with Crippen LogP contribution >= 0.6 is 11.6 Å². The average molecular weight is 235 g/mol. The Hall–Kier alpha value is -0.570. The maximum absolute atomic E-state index is 11.2. The lowest BCUT2D eigenvalue weighted by atomic mass is 10.1. The molecule has 0 rings (SSSR count). The third kappa shape index (κ3) is 8.43. The largest absolute Gasteiger partial charge is 0.465 e. The molecule has 4 heteroatoms. The Morgan fingerprint density at radius 2 is 1.80 bits per heavy atom. The van der Waals surface area contributed by atoms with Gasteiger partial charge in [-0.15, -0.1) is 0 Å². The number of halogens is 1. The van der Waals surface area contributed by atoms with Crippen LogP contribution in [0.2, 0.25) is 0 Å². The first-order valence-corrected chi connectivity index (χ1v) is 5.81. The molecule has 0 aliphatic carbocycles. The van der Waals surface area contributed by atoms with Gasteiger partial charge in [-0.05, 0) is 23.9 Å². The van der Waals surface area contributed by atoms with Gasteiger partial charge in [-0.2, -0.15) is 0 Å². The summed E-state index contributed by atoms with van der Waals surface area (Å²) in [5.74, 6) is 0.212. The molecule has 0 spiro atoms. The molecule has 3 nitrogen and oxygen atoms in total. The van der Waals surface area contributed by atoms with E-state index in [9.17, 15) is 9.59 Å². The molecule has 0 aliphatic rings. The van der Waals surface area contributed by atoms with Crippen LogP contribution in [0.25, 0.3) is 0 Å². The molecule has 0 saturated carbocycles. The first kappa shape index (κ1) is 14.4. The highest BCUT2D eigenvalue weighted by Crippen LogP contribution is 2.09. The predicted octanol–water partition coefficient (Wildman–Crippen LogP) is 2.90. The third-order valence-electron chi connectivity index (χ3n) is 2.39. The van der Waals surface area contributed by atoms with Crippen molar-refractivity contribution in [3.63, 3.8) is 0 Å². The zero-order chi connectivity index (χ0) is 11.7. The molecule has 0 fully saturated rings. The first-order chi connectivity index (χ1) is 7.10. The molecular formula is C11H19ClO3. The minimum absolute atomic E-state index is 0.236. The molecule has 0 aromatic carbocycles. The molecule has 0 bridgehead atoms. The fraction of sp³-hybridized carbons (Fsp3) is 0.818. The van der Waals surface area contributed by atoms with Crippen LogP contribution in [0.1, 0.15) is 46.0 Å². The van der Waals surface area contributed by atoms with Gasteiger partial charge in [0, 0.05) is 12.8 Å². The summed E-state index contributed by atoms with van der Waals surface area (Å²) in [6.07, 6.45) is 3.03. The molecule has 0 radical (unpaired) electrons. The van der Waals surface area contributed by atoms with E-state index in [0.29, 0.717) is 18.9 Å². The summed E-state index contributed by atoms with van der Waals surface area (Å²) in [6, 6.07) is 0. The Labute approximate surface area is 96.1 Å². The minimum Gasteiger partial charge on any atom is -0.465 e. The molecule has 0 aliphatic heterocycles. The molecule has 0 N–H and O–H groups in total. The molecule has 0 saturated heterocycles. The van der Waals surface area contributed by atoms with Crippen LogP contribution in [-0.4, -0.2) is 17.8 Å². The predicted molar refractivity (Wildman–Crippen MR) is 59.7 cm³/mol. The molecule has 88 valence electrons. The second-order valence-electron chi connectivity index (χ2n) is 3.57. The van der Waals surface area contributed by atoms with E-state index in [4.69, 9.17) is 16.3 Å². The number of esters is 1. The van der Waals surface area contributed by atoms with Crippen LogP contribution in [0.15, 0.2) is 0 Å². The van der Waals surface area contributed by atoms with Gasteiger partial charge in [0.1, 0.15) is 0 Å². The maximum atomic E-state index is 11.2. The number of carbonyl (C=O) groups excluding carboxylic acids is 2. The number of hydrogen-bond donors (Lipinski definition) is 0. The zero-order valence-corrected chi connectivity index (χ0v) is 10.2. The fourth-order valence-electron chi connectivity index (χ4n) is 1.18. The van der Waals surface area contributed by atoms with Crippen molar-refractivity contribution in [1.82, 2.24) is 0 Å². The highest BCUT2D eigenvalue weighted by atomic mass is 35.5. The van der Waals surface area contributed by atoms with Crippen LogP contribution in [0.3, 0.4) is 0 Å². The molecular weight excluding hydrogens is 216 g/mol. The van der Waals surface area contributed by atoms with Gasteiger partial charge in [0.15, 0.2) is 0 Å². The Morgan fingerprint density at radius 1 is 1.20 bits per heavy atom. The fourth-order valence-corrected chi connectivity index (χ4v) is 1.31. The van der Waals surface area contributed by atoms with Gasteiger partial charge in [-0.1, -0.05) is 26.7 Å².